The van der Waals surface area contributed by atoms with Gasteiger partial charge in [-0.05, 0) is 56.4 Å². The van der Waals surface area contributed by atoms with Crippen LogP contribution in [0.3, 0.4) is 0 Å². The molecule has 1 fully saturated rings. The first-order chi connectivity index (χ1) is 14.7. The highest BCUT2D eigenvalue weighted by Gasteiger charge is 2.52. The summed E-state index contributed by atoms with van der Waals surface area (Å²) in [6.45, 7) is 8.32. The highest BCUT2D eigenvalue weighted by Crippen LogP contribution is 2.38. The fourth-order valence-electron chi connectivity index (χ4n) is 2.94. The smallest absolute Gasteiger partial charge is 0.445 e. The Morgan fingerprint density at radius 3 is 2.39 bits per heavy atom. The number of alkyl carbamates (subject to hydrolysis) is 1. The van der Waals surface area contributed by atoms with Crippen molar-refractivity contribution in [1.29, 1.82) is 0 Å². The van der Waals surface area contributed by atoms with Crippen molar-refractivity contribution in [2.24, 2.45) is 5.84 Å². The van der Waals surface area contributed by atoms with Crippen LogP contribution in [0.15, 0.2) is 54.1 Å². The van der Waals surface area contributed by atoms with Crippen LogP contribution in [0.4, 0.5) is 10.6 Å². The van der Waals surface area contributed by atoms with Gasteiger partial charge in [0.15, 0.2) is 0 Å². The number of nitrogens with two attached hydrogens (primary N) is 1. The lowest BCUT2D eigenvalue weighted by Crippen LogP contribution is -2.41. The molecule has 0 radical (unpaired) electrons. The van der Waals surface area contributed by atoms with Crippen LogP contribution in [0, 0.1) is 0 Å². The standard InChI is InChI=1S/C22H29BN4O4/c1-21(2)22(3,4)31-23(30-21)18(12-17-10-11-19(27-24)25-13-17)14-26-20(28)29-15-16-8-6-5-7-9-16/h5-13H,14-15,24H2,1-4H3,(H,25,27)(H,26,28). The van der Waals surface area contributed by atoms with Gasteiger partial charge in [-0.1, -0.05) is 36.4 Å². The van der Waals surface area contributed by atoms with E-state index in [0.29, 0.717) is 5.82 Å². The number of aromatic nitrogens is 1. The molecule has 8 nitrogen and oxygen atoms in total. The van der Waals surface area contributed by atoms with Crippen LogP contribution in [0.1, 0.15) is 38.8 Å². The molecule has 0 bridgehead atoms. The van der Waals surface area contributed by atoms with E-state index in [2.05, 4.69) is 15.7 Å². The van der Waals surface area contributed by atoms with Crippen LogP contribution in [-0.2, 0) is 20.7 Å². The van der Waals surface area contributed by atoms with E-state index in [1.807, 2.05) is 70.2 Å². The van der Waals surface area contributed by atoms with Gasteiger partial charge >= 0.3 is 13.2 Å². The maximum Gasteiger partial charge on any atom is 0.492 e. The summed E-state index contributed by atoms with van der Waals surface area (Å²) in [5, 5.41) is 2.79. The minimum Gasteiger partial charge on any atom is -0.445 e. The van der Waals surface area contributed by atoms with E-state index in [4.69, 9.17) is 19.9 Å². The highest BCUT2D eigenvalue weighted by molar-refractivity contribution is 6.56. The second-order valence-electron chi connectivity index (χ2n) is 8.34. The van der Waals surface area contributed by atoms with E-state index < -0.39 is 24.4 Å². The predicted octanol–water partition coefficient (Wildman–Crippen LogP) is 3.31. The van der Waals surface area contributed by atoms with Crippen molar-refractivity contribution in [1.82, 2.24) is 10.3 Å². The topological polar surface area (TPSA) is 108 Å². The van der Waals surface area contributed by atoms with E-state index in [1.54, 1.807) is 12.3 Å². The Morgan fingerprint density at radius 2 is 1.81 bits per heavy atom. The average molecular weight is 424 g/mol. The SMILES string of the molecule is CC1(C)OB(C(=Cc2ccc(NN)nc2)CNC(=O)OCc2ccccc2)OC1(C)C. The molecule has 0 spiro atoms. The van der Waals surface area contributed by atoms with Crippen molar-refractivity contribution in [2.45, 2.75) is 45.5 Å². The highest BCUT2D eigenvalue weighted by atomic mass is 16.7. The maximum absolute atomic E-state index is 12.2. The number of benzene rings is 1. The number of nitrogen functional groups attached to an aromatic ring is 1. The summed E-state index contributed by atoms with van der Waals surface area (Å²) in [4.78, 5) is 16.5. The zero-order chi connectivity index (χ0) is 22.5. The second-order valence-corrected chi connectivity index (χ2v) is 8.34. The molecular weight excluding hydrogens is 395 g/mol. The number of hydrogen-bond acceptors (Lipinski definition) is 7. The van der Waals surface area contributed by atoms with Gasteiger partial charge in [-0.2, -0.15) is 0 Å². The number of rotatable bonds is 7. The van der Waals surface area contributed by atoms with Crippen molar-refractivity contribution in [2.75, 3.05) is 12.0 Å². The van der Waals surface area contributed by atoms with E-state index >= 15 is 0 Å². The predicted molar refractivity (Wildman–Crippen MR) is 121 cm³/mol. The van der Waals surface area contributed by atoms with E-state index in [0.717, 1.165) is 16.6 Å². The molecule has 0 saturated carbocycles. The van der Waals surface area contributed by atoms with Crippen molar-refractivity contribution in [3.05, 3.63) is 65.3 Å². The molecule has 9 heteroatoms. The monoisotopic (exact) mass is 424 g/mol. The minimum atomic E-state index is -0.619. The molecule has 31 heavy (non-hydrogen) atoms. The zero-order valence-corrected chi connectivity index (χ0v) is 18.3. The molecule has 1 amide bonds. The Bertz CT molecular complexity index is 901. The molecule has 0 aliphatic carbocycles. The number of anilines is 1. The fraction of sp³-hybridized carbons (Fsp3) is 0.364. The van der Waals surface area contributed by atoms with E-state index in [-0.39, 0.29) is 13.2 Å². The Balaban J connectivity index is 1.71. The van der Waals surface area contributed by atoms with Crippen molar-refractivity contribution in [3.8, 4) is 0 Å². The van der Waals surface area contributed by atoms with Gasteiger partial charge in [-0.25, -0.2) is 15.6 Å². The van der Waals surface area contributed by atoms with Crippen LogP contribution in [0.25, 0.3) is 6.08 Å². The third-order valence-electron chi connectivity index (χ3n) is 5.49. The van der Waals surface area contributed by atoms with Gasteiger partial charge in [0.2, 0.25) is 0 Å². The molecule has 1 aliphatic heterocycles. The third kappa shape index (κ3) is 5.84. The molecule has 1 aromatic heterocycles. The number of amides is 1. The summed E-state index contributed by atoms with van der Waals surface area (Å²) in [5.74, 6) is 5.94. The Hall–Kier alpha value is -2.88. The van der Waals surface area contributed by atoms with Crippen LogP contribution >= 0.6 is 0 Å². The first kappa shape index (κ1) is 22.8. The average Bonchev–Trinajstić information content (AvgIpc) is 2.97. The second kappa shape index (κ2) is 9.51. The summed E-state index contributed by atoms with van der Waals surface area (Å²) >= 11 is 0. The molecule has 0 unspecified atom stereocenters. The third-order valence-corrected chi connectivity index (χ3v) is 5.49. The number of ether oxygens (including phenoxy) is 1. The number of pyridine rings is 1. The molecule has 3 rings (SSSR count). The van der Waals surface area contributed by atoms with Gasteiger partial charge in [-0.3, -0.25) is 0 Å². The first-order valence-corrected chi connectivity index (χ1v) is 10.1. The molecule has 1 aromatic carbocycles. The van der Waals surface area contributed by atoms with Crippen LogP contribution in [0.5, 0.6) is 0 Å². The Kier molecular flexibility index (Phi) is 6.99. The summed E-state index contributed by atoms with van der Waals surface area (Å²) in [6, 6.07) is 13.1. The molecule has 164 valence electrons. The van der Waals surface area contributed by atoms with Crippen LogP contribution < -0.4 is 16.6 Å². The van der Waals surface area contributed by atoms with E-state index in [1.165, 1.54) is 0 Å². The lowest BCUT2D eigenvalue weighted by molar-refractivity contribution is 0.00578. The van der Waals surface area contributed by atoms with Gasteiger partial charge in [0, 0.05) is 12.7 Å². The largest absolute Gasteiger partial charge is 0.492 e. The Labute approximate surface area is 183 Å². The summed E-state index contributed by atoms with van der Waals surface area (Å²) in [7, 11) is -0.619. The van der Waals surface area contributed by atoms with Crippen molar-refractivity contribution >= 4 is 25.1 Å². The van der Waals surface area contributed by atoms with Gasteiger partial charge in [0.05, 0.1) is 11.2 Å². The van der Waals surface area contributed by atoms with Crippen LogP contribution in [0.2, 0.25) is 0 Å². The molecule has 1 aliphatic rings. The minimum absolute atomic E-state index is 0.194. The number of carbonyl (C=O) groups excluding carboxylic acids is 1. The lowest BCUT2D eigenvalue weighted by Gasteiger charge is -2.32. The normalized spacial score (nSPS) is 17.3. The number of hydrogen-bond donors (Lipinski definition) is 3. The van der Waals surface area contributed by atoms with Crippen molar-refractivity contribution < 1.29 is 18.8 Å². The quantitative estimate of drug-likeness (QED) is 0.356. The van der Waals surface area contributed by atoms with Gasteiger partial charge in [-0.15, -0.1) is 0 Å². The number of nitrogens with one attached hydrogen (secondary N) is 2. The molecule has 0 atom stereocenters. The number of hydrazine groups is 1. The summed E-state index contributed by atoms with van der Waals surface area (Å²) in [6.07, 6.45) is 3.04. The van der Waals surface area contributed by atoms with Gasteiger partial charge < -0.3 is 24.8 Å². The van der Waals surface area contributed by atoms with Gasteiger partial charge in [0.1, 0.15) is 12.4 Å². The summed E-state index contributed by atoms with van der Waals surface area (Å²) < 4.78 is 17.6. The molecule has 2 aromatic rings. The van der Waals surface area contributed by atoms with Crippen molar-refractivity contribution in [3.63, 3.8) is 0 Å². The molecule has 4 N–H and O–H groups in total. The van der Waals surface area contributed by atoms with Gasteiger partial charge in [0.25, 0.3) is 0 Å². The summed E-state index contributed by atoms with van der Waals surface area (Å²) in [5.41, 5.74) is 3.97. The van der Waals surface area contributed by atoms with Crippen LogP contribution in [-0.4, -0.2) is 35.9 Å². The molecule has 2 heterocycles. The lowest BCUT2D eigenvalue weighted by atomic mass is 9.77. The Morgan fingerprint density at radius 1 is 1.13 bits per heavy atom. The molecular formula is C22H29BN4O4. The maximum atomic E-state index is 12.2. The molecule has 1 saturated heterocycles. The zero-order valence-electron chi connectivity index (χ0n) is 18.3. The fourth-order valence-corrected chi connectivity index (χ4v) is 2.94. The number of nitrogens with zero attached hydrogens (tertiary/aromatic N) is 1. The number of carbonyl (C=O) groups is 1. The first-order valence-electron chi connectivity index (χ1n) is 10.1. The van der Waals surface area contributed by atoms with E-state index in [9.17, 15) is 4.79 Å².